The van der Waals surface area contributed by atoms with E-state index in [0.717, 1.165) is 5.56 Å². The van der Waals surface area contributed by atoms with Crippen LogP contribution in [0.2, 0.25) is 0 Å². The van der Waals surface area contributed by atoms with Crippen LogP contribution in [0.5, 0.6) is 0 Å². The van der Waals surface area contributed by atoms with E-state index in [-0.39, 0.29) is 5.82 Å². The van der Waals surface area contributed by atoms with E-state index in [1.165, 1.54) is 23.0 Å². The maximum absolute atomic E-state index is 12.7. The lowest BCUT2D eigenvalue weighted by Crippen LogP contribution is -2.07. The van der Waals surface area contributed by atoms with Gasteiger partial charge >= 0.3 is 0 Å². The second-order valence-corrected chi connectivity index (χ2v) is 3.63. The Hall–Kier alpha value is -1.75. The number of aromatic nitrogens is 3. The van der Waals surface area contributed by atoms with E-state index >= 15 is 0 Å². The largest absolute Gasteiger partial charge is 0.386 e. The van der Waals surface area contributed by atoms with Gasteiger partial charge in [-0.1, -0.05) is 17.3 Å². The van der Waals surface area contributed by atoms with Gasteiger partial charge in [-0.3, -0.25) is 0 Å². The third-order valence-electron chi connectivity index (χ3n) is 2.43. The summed E-state index contributed by atoms with van der Waals surface area (Å²) < 4.78 is 14.2. The Morgan fingerprint density at radius 3 is 2.62 bits per heavy atom. The Bertz CT molecular complexity index is 466. The van der Waals surface area contributed by atoms with Gasteiger partial charge in [0.2, 0.25) is 0 Å². The van der Waals surface area contributed by atoms with Crippen LogP contribution < -0.4 is 0 Å². The Labute approximate surface area is 92.3 Å². The molecular formula is C11H12FN3O. The van der Waals surface area contributed by atoms with E-state index in [1.54, 1.807) is 19.2 Å². The molecule has 0 radical (unpaired) electrons. The first-order valence-corrected chi connectivity index (χ1v) is 4.94. The van der Waals surface area contributed by atoms with Gasteiger partial charge in [0.25, 0.3) is 0 Å². The van der Waals surface area contributed by atoms with Crippen LogP contribution in [0.3, 0.4) is 0 Å². The maximum atomic E-state index is 12.7. The van der Waals surface area contributed by atoms with Gasteiger partial charge in [-0.2, -0.15) is 0 Å². The van der Waals surface area contributed by atoms with Crippen molar-refractivity contribution in [1.29, 1.82) is 0 Å². The minimum absolute atomic E-state index is 0.277. The molecule has 2 rings (SSSR count). The number of aliphatic hydroxyl groups is 1. The molecule has 0 aliphatic rings. The van der Waals surface area contributed by atoms with Crippen LogP contribution in [-0.2, 0) is 13.5 Å². The zero-order valence-corrected chi connectivity index (χ0v) is 8.84. The fourth-order valence-electron chi connectivity index (χ4n) is 1.55. The van der Waals surface area contributed by atoms with Crippen molar-refractivity contribution in [3.8, 4) is 0 Å². The first-order valence-electron chi connectivity index (χ1n) is 4.94. The summed E-state index contributed by atoms with van der Waals surface area (Å²) in [5.41, 5.74) is 1.51. The zero-order valence-electron chi connectivity index (χ0n) is 8.84. The summed E-state index contributed by atoms with van der Waals surface area (Å²) >= 11 is 0. The molecule has 2 aromatic rings. The minimum atomic E-state index is -0.675. The average molecular weight is 221 g/mol. The molecule has 84 valence electrons. The topological polar surface area (TPSA) is 50.9 Å². The maximum Gasteiger partial charge on any atom is 0.123 e. The van der Waals surface area contributed by atoms with Gasteiger partial charge in [0.05, 0.1) is 11.9 Å². The number of aliphatic hydroxyl groups excluding tert-OH is 1. The second-order valence-electron chi connectivity index (χ2n) is 3.63. The van der Waals surface area contributed by atoms with Gasteiger partial charge in [0.15, 0.2) is 0 Å². The summed E-state index contributed by atoms with van der Waals surface area (Å²) in [6.45, 7) is 0. The fraction of sp³-hybridized carbons (Fsp3) is 0.273. The lowest BCUT2D eigenvalue weighted by molar-refractivity contribution is 0.168. The van der Waals surface area contributed by atoms with E-state index < -0.39 is 6.10 Å². The lowest BCUT2D eigenvalue weighted by Gasteiger charge is -2.09. The van der Waals surface area contributed by atoms with Crippen LogP contribution >= 0.6 is 0 Å². The first kappa shape index (κ1) is 10.8. The molecule has 16 heavy (non-hydrogen) atoms. The molecule has 1 aromatic carbocycles. The predicted molar refractivity (Wildman–Crippen MR) is 56.1 cm³/mol. The Balaban J connectivity index is 2.10. The van der Waals surface area contributed by atoms with Crippen LogP contribution in [0.15, 0.2) is 30.5 Å². The van der Waals surface area contributed by atoms with Crippen LogP contribution in [0.4, 0.5) is 4.39 Å². The van der Waals surface area contributed by atoms with Gasteiger partial charge in [-0.15, -0.1) is 5.10 Å². The number of rotatable bonds is 3. The summed E-state index contributed by atoms with van der Waals surface area (Å²) in [6, 6.07) is 6.07. The van der Waals surface area contributed by atoms with Crippen molar-refractivity contribution < 1.29 is 9.50 Å². The van der Waals surface area contributed by atoms with Crippen molar-refractivity contribution >= 4 is 0 Å². The van der Waals surface area contributed by atoms with Gasteiger partial charge in [0, 0.05) is 13.5 Å². The van der Waals surface area contributed by atoms with Gasteiger partial charge in [-0.05, 0) is 17.7 Å². The lowest BCUT2D eigenvalue weighted by atomic mass is 10.1. The average Bonchev–Trinajstić information content (AvgIpc) is 2.68. The predicted octanol–water partition coefficient (Wildman–Crippen LogP) is 1.23. The van der Waals surface area contributed by atoms with Crippen molar-refractivity contribution in [1.82, 2.24) is 15.0 Å². The molecule has 0 fully saturated rings. The molecule has 1 unspecified atom stereocenters. The van der Waals surface area contributed by atoms with E-state index in [1.807, 2.05) is 0 Å². The van der Waals surface area contributed by atoms with Gasteiger partial charge < -0.3 is 5.11 Å². The zero-order chi connectivity index (χ0) is 11.5. The van der Waals surface area contributed by atoms with Crippen LogP contribution in [0.1, 0.15) is 17.4 Å². The summed E-state index contributed by atoms with van der Waals surface area (Å²) in [4.78, 5) is 0. The van der Waals surface area contributed by atoms with Gasteiger partial charge in [0.1, 0.15) is 11.9 Å². The Kier molecular flexibility index (Phi) is 2.96. The fourth-order valence-corrected chi connectivity index (χ4v) is 1.55. The number of benzene rings is 1. The Morgan fingerprint density at radius 2 is 2.06 bits per heavy atom. The Morgan fingerprint density at radius 1 is 1.38 bits per heavy atom. The summed E-state index contributed by atoms with van der Waals surface area (Å²) in [6.07, 6.45) is 1.26. The molecule has 0 aliphatic carbocycles. The molecule has 0 bridgehead atoms. The van der Waals surface area contributed by atoms with Crippen molar-refractivity contribution in [3.63, 3.8) is 0 Å². The third-order valence-corrected chi connectivity index (χ3v) is 2.43. The molecule has 4 nitrogen and oxygen atoms in total. The minimum Gasteiger partial charge on any atom is -0.386 e. The normalized spacial score (nSPS) is 12.7. The van der Waals surface area contributed by atoms with E-state index in [0.29, 0.717) is 12.1 Å². The molecule has 0 saturated carbocycles. The molecular weight excluding hydrogens is 209 g/mol. The SMILES string of the molecule is Cn1nncc1C(O)Cc1ccc(F)cc1. The van der Waals surface area contributed by atoms with Crippen LogP contribution in [0, 0.1) is 5.82 Å². The molecule has 1 heterocycles. The molecule has 0 amide bonds. The van der Waals surface area contributed by atoms with E-state index in [2.05, 4.69) is 10.3 Å². The molecule has 1 N–H and O–H groups in total. The van der Waals surface area contributed by atoms with Gasteiger partial charge in [-0.25, -0.2) is 9.07 Å². The van der Waals surface area contributed by atoms with Crippen LogP contribution in [0.25, 0.3) is 0 Å². The molecule has 0 aliphatic heterocycles. The number of aryl methyl sites for hydroxylation is 1. The highest BCUT2D eigenvalue weighted by atomic mass is 19.1. The highest BCUT2D eigenvalue weighted by Crippen LogP contribution is 2.16. The number of nitrogens with zero attached hydrogens (tertiary/aromatic N) is 3. The quantitative estimate of drug-likeness (QED) is 0.848. The number of hydrogen-bond acceptors (Lipinski definition) is 3. The second kappa shape index (κ2) is 4.40. The highest BCUT2D eigenvalue weighted by molar-refractivity contribution is 5.18. The highest BCUT2D eigenvalue weighted by Gasteiger charge is 2.12. The molecule has 5 heteroatoms. The number of hydrogen-bond donors (Lipinski definition) is 1. The standard InChI is InChI=1S/C11H12FN3O/c1-15-10(7-13-14-15)11(16)6-8-2-4-9(12)5-3-8/h2-5,7,11,16H,6H2,1H3. The smallest absolute Gasteiger partial charge is 0.123 e. The number of halogens is 1. The molecule has 1 aromatic heterocycles. The monoisotopic (exact) mass is 221 g/mol. The van der Waals surface area contributed by atoms with Crippen molar-refractivity contribution in [3.05, 3.63) is 47.5 Å². The first-order chi connectivity index (χ1) is 7.66. The van der Waals surface area contributed by atoms with Crippen molar-refractivity contribution in [2.45, 2.75) is 12.5 Å². The van der Waals surface area contributed by atoms with Crippen molar-refractivity contribution in [2.75, 3.05) is 0 Å². The van der Waals surface area contributed by atoms with E-state index in [4.69, 9.17) is 0 Å². The molecule has 0 saturated heterocycles. The summed E-state index contributed by atoms with van der Waals surface area (Å²) in [5.74, 6) is -0.277. The van der Waals surface area contributed by atoms with Crippen LogP contribution in [-0.4, -0.2) is 20.1 Å². The summed E-state index contributed by atoms with van der Waals surface area (Å²) in [5, 5.41) is 17.3. The summed E-state index contributed by atoms with van der Waals surface area (Å²) in [7, 11) is 1.72. The van der Waals surface area contributed by atoms with Crippen molar-refractivity contribution in [2.24, 2.45) is 7.05 Å². The molecule has 1 atom stereocenters. The molecule has 0 spiro atoms. The third kappa shape index (κ3) is 2.25. The van der Waals surface area contributed by atoms with E-state index in [9.17, 15) is 9.50 Å².